The number of hydrogen-bond donors (Lipinski definition) is 2. The van der Waals surface area contributed by atoms with Crippen LogP contribution < -0.4 is 10.6 Å². The number of amides is 1. The van der Waals surface area contributed by atoms with Gasteiger partial charge in [-0.1, -0.05) is 18.9 Å². The number of nitrogens with one attached hydrogen (secondary N) is 2. The maximum absolute atomic E-state index is 12.4. The second-order valence-corrected chi connectivity index (χ2v) is 5.43. The summed E-state index contributed by atoms with van der Waals surface area (Å²) < 4.78 is 0. The molecule has 0 unspecified atom stereocenters. The normalized spacial score (nSPS) is 16.7. The fourth-order valence-corrected chi connectivity index (χ4v) is 2.75. The lowest BCUT2D eigenvalue weighted by Crippen LogP contribution is -2.43. The molecule has 0 saturated heterocycles. The Kier molecular flexibility index (Phi) is 3.92. The summed E-state index contributed by atoms with van der Waals surface area (Å²) in [6.07, 6.45) is 3.99. The third-order valence-electron chi connectivity index (χ3n) is 3.85. The highest BCUT2D eigenvalue weighted by atomic mass is 16.6. The average Bonchev–Trinajstić information content (AvgIpc) is 2.83. The molecule has 1 aromatic rings. The number of nitrogens with zero attached hydrogens (tertiary/aromatic N) is 1. The largest absolute Gasteiger partial charge is 0.383 e. The van der Waals surface area contributed by atoms with Crippen molar-refractivity contribution >= 4 is 17.3 Å². The van der Waals surface area contributed by atoms with Gasteiger partial charge < -0.3 is 10.6 Å². The second-order valence-electron chi connectivity index (χ2n) is 5.43. The number of hydrogen-bond acceptors (Lipinski definition) is 4. The minimum absolute atomic E-state index is 0.106. The Morgan fingerprint density at radius 2 is 2.00 bits per heavy atom. The number of nitro groups is 1. The Morgan fingerprint density at radius 1 is 1.35 bits per heavy atom. The van der Waals surface area contributed by atoms with E-state index in [1.54, 1.807) is 19.2 Å². The van der Waals surface area contributed by atoms with Crippen LogP contribution in [0.3, 0.4) is 0 Å². The molecule has 0 radical (unpaired) electrons. The van der Waals surface area contributed by atoms with E-state index in [4.69, 9.17) is 0 Å². The topological polar surface area (TPSA) is 84.3 Å². The van der Waals surface area contributed by atoms with Crippen LogP contribution in [-0.2, 0) is 0 Å². The van der Waals surface area contributed by atoms with Gasteiger partial charge in [0, 0.05) is 12.6 Å². The molecule has 0 aromatic heterocycles. The van der Waals surface area contributed by atoms with Crippen molar-refractivity contribution in [1.82, 2.24) is 5.32 Å². The smallest absolute Gasteiger partial charge is 0.305 e. The van der Waals surface area contributed by atoms with Crippen molar-refractivity contribution in [2.75, 3.05) is 12.4 Å². The summed E-state index contributed by atoms with van der Waals surface area (Å²) in [5.74, 6) is -0.377. The molecule has 1 aromatic carbocycles. The standard InChI is InChI=1S/C14H19N3O3/c1-14(8-3-4-9-14)16-13(18)10-6-5-7-11(15-2)12(10)17(19)20/h5-7,15H,3-4,8-9H2,1-2H3,(H,16,18). The summed E-state index contributed by atoms with van der Waals surface area (Å²) in [5.41, 5.74) is 0.0314. The van der Waals surface area contributed by atoms with Gasteiger partial charge in [0.1, 0.15) is 11.3 Å². The molecule has 2 rings (SSSR count). The molecular formula is C14H19N3O3. The number of carbonyl (C=O) groups is 1. The molecule has 1 aliphatic rings. The van der Waals surface area contributed by atoms with Crippen LogP contribution in [0.4, 0.5) is 11.4 Å². The quantitative estimate of drug-likeness (QED) is 0.654. The van der Waals surface area contributed by atoms with Gasteiger partial charge in [-0.15, -0.1) is 0 Å². The zero-order valence-corrected chi connectivity index (χ0v) is 11.7. The Bertz CT molecular complexity index is 536. The molecule has 0 aliphatic heterocycles. The van der Waals surface area contributed by atoms with Crippen molar-refractivity contribution in [1.29, 1.82) is 0 Å². The third kappa shape index (κ3) is 2.74. The summed E-state index contributed by atoms with van der Waals surface area (Å²) in [6, 6.07) is 4.73. The number of rotatable bonds is 4. The van der Waals surface area contributed by atoms with Gasteiger partial charge in [0.15, 0.2) is 0 Å². The summed E-state index contributed by atoms with van der Waals surface area (Å²) >= 11 is 0. The second kappa shape index (κ2) is 5.48. The van der Waals surface area contributed by atoms with Crippen LogP contribution in [0.2, 0.25) is 0 Å². The number of benzene rings is 1. The molecule has 2 N–H and O–H groups in total. The number of carbonyl (C=O) groups excluding carboxylic acids is 1. The van der Waals surface area contributed by atoms with E-state index < -0.39 is 4.92 Å². The van der Waals surface area contributed by atoms with Crippen LogP contribution >= 0.6 is 0 Å². The monoisotopic (exact) mass is 277 g/mol. The molecule has 0 spiro atoms. The van der Waals surface area contributed by atoms with Crippen molar-refractivity contribution in [3.8, 4) is 0 Å². The van der Waals surface area contributed by atoms with Gasteiger partial charge in [-0.2, -0.15) is 0 Å². The first kappa shape index (κ1) is 14.3. The van der Waals surface area contributed by atoms with Gasteiger partial charge in [-0.05, 0) is 31.9 Å². The Morgan fingerprint density at radius 3 is 2.55 bits per heavy atom. The van der Waals surface area contributed by atoms with Crippen LogP contribution in [0, 0.1) is 10.1 Å². The molecule has 108 valence electrons. The predicted molar refractivity (Wildman–Crippen MR) is 77.0 cm³/mol. The molecular weight excluding hydrogens is 258 g/mol. The fraction of sp³-hybridized carbons (Fsp3) is 0.500. The first-order valence-electron chi connectivity index (χ1n) is 6.74. The fourth-order valence-electron chi connectivity index (χ4n) is 2.75. The highest BCUT2D eigenvalue weighted by Crippen LogP contribution is 2.32. The van der Waals surface area contributed by atoms with Gasteiger partial charge >= 0.3 is 5.69 Å². The molecule has 20 heavy (non-hydrogen) atoms. The highest BCUT2D eigenvalue weighted by Gasteiger charge is 2.33. The van der Waals surface area contributed by atoms with Crippen molar-refractivity contribution < 1.29 is 9.72 Å². The van der Waals surface area contributed by atoms with E-state index >= 15 is 0 Å². The Labute approximate surface area is 117 Å². The van der Waals surface area contributed by atoms with Gasteiger partial charge in [-0.25, -0.2) is 0 Å². The lowest BCUT2D eigenvalue weighted by atomic mass is 9.99. The predicted octanol–water partition coefficient (Wildman–Crippen LogP) is 2.70. The molecule has 1 fully saturated rings. The molecule has 1 amide bonds. The van der Waals surface area contributed by atoms with Gasteiger partial charge in [0.05, 0.1) is 4.92 Å². The minimum Gasteiger partial charge on any atom is -0.383 e. The first-order chi connectivity index (χ1) is 9.47. The highest BCUT2D eigenvalue weighted by molar-refractivity contribution is 6.00. The van der Waals surface area contributed by atoms with Crippen LogP contribution in [0.5, 0.6) is 0 Å². The van der Waals surface area contributed by atoms with Crippen LogP contribution in [-0.4, -0.2) is 23.4 Å². The van der Waals surface area contributed by atoms with E-state index in [9.17, 15) is 14.9 Å². The van der Waals surface area contributed by atoms with E-state index in [1.807, 2.05) is 6.92 Å². The van der Waals surface area contributed by atoms with E-state index in [0.29, 0.717) is 5.69 Å². The van der Waals surface area contributed by atoms with Crippen LogP contribution in [0.25, 0.3) is 0 Å². The lowest BCUT2D eigenvalue weighted by Gasteiger charge is -2.25. The van der Waals surface area contributed by atoms with Gasteiger partial charge in [0.2, 0.25) is 0 Å². The van der Waals surface area contributed by atoms with Crippen molar-refractivity contribution in [2.24, 2.45) is 0 Å². The average molecular weight is 277 g/mol. The lowest BCUT2D eigenvalue weighted by molar-refractivity contribution is -0.384. The summed E-state index contributed by atoms with van der Waals surface area (Å²) in [5, 5.41) is 16.9. The third-order valence-corrected chi connectivity index (χ3v) is 3.85. The molecule has 6 heteroatoms. The van der Waals surface area contributed by atoms with E-state index in [1.165, 1.54) is 6.07 Å². The Balaban J connectivity index is 2.32. The van der Waals surface area contributed by atoms with Crippen LogP contribution in [0.1, 0.15) is 43.0 Å². The van der Waals surface area contributed by atoms with Crippen molar-refractivity contribution in [2.45, 2.75) is 38.1 Å². The maximum atomic E-state index is 12.4. The van der Waals surface area contributed by atoms with Crippen molar-refractivity contribution in [3.63, 3.8) is 0 Å². The number of anilines is 1. The maximum Gasteiger partial charge on any atom is 0.305 e. The van der Waals surface area contributed by atoms with E-state index in [2.05, 4.69) is 10.6 Å². The molecule has 1 saturated carbocycles. The summed E-state index contributed by atoms with van der Waals surface area (Å²) in [6.45, 7) is 1.99. The Hall–Kier alpha value is -2.11. The van der Waals surface area contributed by atoms with Gasteiger partial charge in [-0.3, -0.25) is 14.9 Å². The summed E-state index contributed by atoms with van der Waals surface area (Å²) in [4.78, 5) is 23.0. The first-order valence-corrected chi connectivity index (χ1v) is 6.74. The zero-order valence-electron chi connectivity index (χ0n) is 11.7. The molecule has 0 bridgehead atoms. The summed E-state index contributed by atoms with van der Waals surface area (Å²) in [7, 11) is 1.60. The zero-order chi connectivity index (χ0) is 14.8. The van der Waals surface area contributed by atoms with E-state index in [-0.39, 0.29) is 22.7 Å². The molecule has 0 atom stereocenters. The minimum atomic E-state index is -0.516. The van der Waals surface area contributed by atoms with Gasteiger partial charge in [0.25, 0.3) is 5.91 Å². The SMILES string of the molecule is CNc1cccc(C(=O)NC2(C)CCCC2)c1[N+](=O)[O-]. The van der Waals surface area contributed by atoms with E-state index in [0.717, 1.165) is 25.7 Å². The molecule has 0 heterocycles. The van der Waals surface area contributed by atoms with Crippen LogP contribution in [0.15, 0.2) is 18.2 Å². The van der Waals surface area contributed by atoms with Crippen molar-refractivity contribution in [3.05, 3.63) is 33.9 Å². The number of nitro benzene ring substituents is 1. The molecule has 1 aliphatic carbocycles. The molecule has 6 nitrogen and oxygen atoms in total. The number of para-hydroxylation sites is 1.